The largest absolute Gasteiger partial charge is 0.289 e. The van der Waals surface area contributed by atoms with Gasteiger partial charge in [0.1, 0.15) is 0 Å². The maximum Gasteiger partial charge on any atom is 0.194 e. The van der Waals surface area contributed by atoms with Gasteiger partial charge in [0.05, 0.1) is 0 Å². The topological polar surface area (TPSA) is 34.1 Å². The lowest BCUT2D eigenvalue weighted by atomic mass is 10.0. The quantitative estimate of drug-likeness (QED) is 0.662. The normalized spacial score (nSPS) is 12.5. The number of allylic oxidation sites excluding steroid dienone is 1. The highest BCUT2D eigenvalue weighted by atomic mass is 32.2. The number of rotatable bonds is 4. The van der Waals surface area contributed by atoms with Gasteiger partial charge >= 0.3 is 0 Å². The predicted molar refractivity (Wildman–Crippen MR) is 92.1 cm³/mol. The maximum atomic E-state index is 12.4. The molecule has 0 heterocycles. The van der Waals surface area contributed by atoms with Gasteiger partial charge in [-0.1, -0.05) is 60.3 Å². The molecule has 110 valence electrons. The van der Waals surface area contributed by atoms with Crippen molar-refractivity contribution in [1.82, 2.24) is 0 Å². The summed E-state index contributed by atoms with van der Waals surface area (Å²) in [4.78, 5) is 23.3. The molecule has 0 fully saturated rings. The highest BCUT2D eigenvalue weighted by Crippen LogP contribution is 2.36. The molecule has 0 saturated carbocycles. The van der Waals surface area contributed by atoms with E-state index in [1.807, 2.05) is 54.6 Å². The molecule has 0 aromatic heterocycles. The monoisotopic (exact) mass is 308 g/mol. The second-order valence-corrected chi connectivity index (χ2v) is 6.48. The van der Waals surface area contributed by atoms with Crippen LogP contribution in [0.15, 0.2) is 48.5 Å². The lowest BCUT2D eigenvalue weighted by Crippen LogP contribution is -1.94. The van der Waals surface area contributed by atoms with Crippen LogP contribution in [0.5, 0.6) is 0 Å². The Bertz CT molecular complexity index is 775. The summed E-state index contributed by atoms with van der Waals surface area (Å²) in [5, 5.41) is 0.147. The summed E-state index contributed by atoms with van der Waals surface area (Å²) in [6, 6.07) is 13.7. The van der Waals surface area contributed by atoms with Crippen molar-refractivity contribution in [2.24, 2.45) is 0 Å². The van der Waals surface area contributed by atoms with Crippen molar-refractivity contribution in [3.05, 3.63) is 65.2 Å². The maximum absolute atomic E-state index is 12.4. The zero-order chi connectivity index (χ0) is 15.5. The van der Waals surface area contributed by atoms with E-state index in [-0.39, 0.29) is 10.9 Å². The molecule has 0 N–H and O–H groups in total. The van der Waals surface area contributed by atoms with Gasteiger partial charge in [-0.3, -0.25) is 9.59 Å². The molecule has 0 aliphatic heterocycles. The van der Waals surface area contributed by atoms with Gasteiger partial charge < -0.3 is 0 Å². The molecule has 3 heteroatoms. The van der Waals surface area contributed by atoms with E-state index in [1.165, 1.54) is 11.8 Å². The molecule has 0 saturated heterocycles. The van der Waals surface area contributed by atoms with E-state index in [2.05, 4.69) is 0 Å². The minimum Gasteiger partial charge on any atom is -0.289 e. The zero-order valence-electron chi connectivity index (χ0n) is 12.3. The molecule has 2 aromatic rings. The Morgan fingerprint density at radius 3 is 2.55 bits per heavy atom. The average molecular weight is 308 g/mol. The molecular formula is C19H16O2S. The first-order chi connectivity index (χ1) is 10.7. The van der Waals surface area contributed by atoms with Gasteiger partial charge in [-0.25, -0.2) is 0 Å². The Hall–Kier alpha value is -2.13. The number of benzene rings is 2. The Morgan fingerprint density at radius 1 is 1.05 bits per heavy atom. The van der Waals surface area contributed by atoms with Crippen LogP contribution in [0.2, 0.25) is 0 Å². The predicted octanol–water partition coefficient (Wildman–Crippen LogP) is 4.58. The van der Waals surface area contributed by atoms with Crippen LogP contribution in [0.25, 0.3) is 17.2 Å². The molecule has 1 aliphatic carbocycles. The fraction of sp³-hybridized carbons (Fsp3) is 0.158. The first-order valence-corrected chi connectivity index (χ1v) is 8.23. The number of thioether (sulfide) groups is 1. The van der Waals surface area contributed by atoms with E-state index in [0.717, 1.165) is 40.0 Å². The number of hydrogen-bond donors (Lipinski definition) is 0. The summed E-state index contributed by atoms with van der Waals surface area (Å²) in [5.41, 5.74) is 4.63. The van der Waals surface area contributed by atoms with Crippen LogP contribution < -0.4 is 0 Å². The highest BCUT2D eigenvalue weighted by molar-refractivity contribution is 8.13. The lowest BCUT2D eigenvalue weighted by Gasteiger charge is -2.01. The third-order valence-electron chi connectivity index (χ3n) is 3.65. The van der Waals surface area contributed by atoms with Crippen LogP contribution in [0.4, 0.5) is 0 Å². The third kappa shape index (κ3) is 2.90. The van der Waals surface area contributed by atoms with Gasteiger partial charge in [-0.15, -0.1) is 0 Å². The SMILES string of the molecule is CC(=O)SCCC=Cc1ccc2c(c1)C(=O)c1ccccc1-2. The van der Waals surface area contributed by atoms with Crippen LogP contribution >= 0.6 is 11.8 Å². The molecule has 3 rings (SSSR count). The second-order valence-electron chi connectivity index (χ2n) is 5.21. The van der Waals surface area contributed by atoms with Crippen molar-refractivity contribution in [2.75, 3.05) is 5.75 Å². The van der Waals surface area contributed by atoms with Crippen molar-refractivity contribution in [2.45, 2.75) is 13.3 Å². The Balaban J connectivity index is 1.77. The van der Waals surface area contributed by atoms with E-state index >= 15 is 0 Å². The van der Waals surface area contributed by atoms with Crippen molar-refractivity contribution >= 4 is 28.7 Å². The van der Waals surface area contributed by atoms with Crippen LogP contribution in [-0.4, -0.2) is 16.7 Å². The zero-order valence-corrected chi connectivity index (χ0v) is 13.2. The summed E-state index contributed by atoms with van der Waals surface area (Å²) in [5.74, 6) is 0.897. The van der Waals surface area contributed by atoms with Crippen molar-refractivity contribution in [3.8, 4) is 11.1 Å². The average Bonchev–Trinajstić information content (AvgIpc) is 2.80. The first-order valence-electron chi connectivity index (χ1n) is 7.25. The van der Waals surface area contributed by atoms with Gasteiger partial charge in [0.15, 0.2) is 10.9 Å². The standard InChI is InChI=1S/C19H16O2S/c1-13(20)22-11-5-4-6-14-9-10-16-15-7-2-3-8-17(15)19(21)18(16)12-14/h2-4,6-10,12H,5,11H2,1H3. The van der Waals surface area contributed by atoms with Gasteiger partial charge in [0.2, 0.25) is 0 Å². The molecule has 2 aromatic carbocycles. The highest BCUT2D eigenvalue weighted by Gasteiger charge is 2.25. The third-order valence-corrected chi connectivity index (χ3v) is 4.50. The van der Waals surface area contributed by atoms with E-state index in [9.17, 15) is 9.59 Å². The summed E-state index contributed by atoms with van der Waals surface area (Å²) >= 11 is 1.33. The minimum absolute atomic E-state index is 0.105. The summed E-state index contributed by atoms with van der Waals surface area (Å²) in [6.45, 7) is 1.58. The molecule has 1 aliphatic rings. The van der Waals surface area contributed by atoms with E-state index in [0.29, 0.717) is 0 Å². The Kier molecular flexibility index (Phi) is 4.25. The second kappa shape index (κ2) is 6.32. The molecule has 2 nitrogen and oxygen atoms in total. The van der Waals surface area contributed by atoms with Crippen molar-refractivity contribution in [1.29, 1.82) is 0 Å². The fourth-order valence-electron chi connectivity index (χ4n) is 2.64. The molecular weight excluding hydrogens is 292 g/mol. The van der Waals surface area contributed by atoms with Gasteiger partial charge in [0.25, 0.3) is 0 Å². The van der Waals surface area contributed by atoms with Crippen LogP contribution in [0.1, 0.15) is 34.8 Å². The Labute approximate surface area is 134 Å². The number of carbonyl (C=O) groups excluding carboxylic acids is 2. The van der Waals surface area contributed by atoms with Crippen LogP contribution in [0, 0.1) is 0 Å². The molecule has 0 atom stereocenters. The lowest BCUT2D eigenvalue weighted by molar-refractivity contribution is -0.109. The number of fused-ring (bicyclic) bond motifs is 3. The minimum atomic E-state index is 0.105. The summed E-state index contributed by atoms with van der Waals surface area (Å²) in [6.07, 6.45) is 4.90. The van der Waals surface area contributed by atoms with E-state index in [4.69, 9.17) is 0 Å². The summed E-state index contributed by atoms with van der Waals surface area (Å²) < 4.78 is 0. The first kappa shape index (κ1) is 14.8. The molecule has 0 unspecified atom stereocenters. The van der Waals surface area contributed by atoms with Crippen molar-refractivity contribution in [3.63, 3.8) is 0 Å². The van der Waals surface area contributed by atoms with E-state index in [1.54, 1.807) is 6.92 Å². The van der Waals surface area contributed by atoms with Crippen LogP contribution in [0.3, 0.4) is 0 Å². The Morgan fingerprint density at radius 2 is 1.77 bits per heavy atom. The van der Waals surface area contributed by atoms with Gasteiger partial charge in [-0.05, 0) is 29.2 Å². The summed E-state index contributed by atoms with van der Waals surface area (Å²) in [7, 11) is 0. The van der Waals surface area contributed by atoms with Crippen LogP contribution in [-0.2, 0) is 4.79 Å². The smallest absolute Gasteiger partial charge is 0.194 e. The molecule has 0 bridgehead atoms. The molecule has 0 spiro atoms. The molecule has 0 amide bonds. The fourth-order valence-corrected chi connectivity index (χ4v) is 3.18. The molecule has 0 radical (unpaired) electrons. The van der Waals surface area contributed by atoms with E-state index < -0.39 is 0 Å². The van der Waals surface area contributed by atoms with Gasteiger partial charge in [0, 0.05) is 23.8 Å². The number of carbonyl (C=O) groups is 2. The van der Waals surface area contributed by atoms with Crippen molar-refractivity contribution < 1.29 is 9.59 Å². The number of ketones is 1. The van der Waals surface area contributed by atoms with Gasteiger partial charge in [-0.2, -0.15) is 0 Å². The number of hydrogen-bond acceptors (Lipinski definition) is 3. The molecule has 22 heavy (non-hydrogen) atoms.